The fourth-order valence-electron chi connectivity index (χ4n) is 3.00. The van der Waals surface area contributed by atoms with Gasteiger partial charge in [0.05, 0.1) is 0 Å². The van der Waals surface area contributed by atoms with E-state index >= 15 is 0 Å². The molecule has 1 aliphatic rings. The van der Waals surface area contributed by atoms with Crippen molar-refractivity contribution in [3.63, 3.8) is 0 Å². The number of hydrogen-bond donors (Lipinski definition) is 2. The Morgan fingerprint density at radius 2 is 2.05 bits per heavy atom. The Morgan fingerprint density at radius 3 is 2.79 bits per heavy atom. The Labute approximate surface area is 116 Å². The lowest BCUT2D eigenvalue weighted by Crippen LogP contribution is -2.32. The first-order valence-corrected chi connectivity index (χ1v) is 7.62. The van der Waals surface area contributed by atoms with Gasteiger partial charge in [0.25, 0.3) is 0 Å². The average Bonchev–Trinajstić information content (AvgIpc) is 2.39. The standard InChI is InChI=1S/C15H26N4/c1-3-7-14-18-13(16)10-15(19-14)17-12-9-6-5-8-11(12)4-2/h10-12H,3-9H2,1-2H3,(H3,16,17,18,19). The number of aromatic nitrogens is 2. The topological polar surface area (TPSA) is 63.8 Å². The molecule has 2 rings (SSSR count). The molecule has 1 aliphatic carbocycles. The molecule has 0 aromatic carbocycles. The number of hydrogen-bond acceptors (Lipinski definition) is 4. The smallest absolute Gasteiger partial charge is 0.133 e. The van der Waals surface area contributed by atoms with Crippen LogP contribution in [-0.4, -0.2) is 16.0 Å². The first kappa shape index (κ1) is 14.1. The van der Waals surface area contributed by atoms with Gasteiger partial charge < -0.3 is 11.1 Å². The molecule has 4 nitrogen and oxygen atoms in total. The van der Waals surface area contributed by atoms with Crippen LogP contribution in [0.5, 0.6) is 0 Å². The summed E-state index contributed by atoms with van der Waals surface area (Å²) >= 11 is 0. The first-order chi connectivity index (χ1) is 9.22. The number of anilines is 2. The van der Waals surface area contributed by atoms with Crippen LogP contribution in [0.2, 0.25) is 0 Å². The van der Waals surface area contributed by atoms with Crippen LogP contribution in [0, 0.1) is 5.92 Å². The summed E-state index contributed by atoms with van der Waals surface area (Å²) in [7, 11) is 0. The average molecular weight is 262 g/mol. The van der Waals surface area contributed by atoms with E-state index in [1.165, 1.54) is 32.1 Å². The summed E-state index contributed by atoms with van der Waals surface area (Å²) in [5.74, 6) is 3.10. The van der Waals surface area contributed by atoms with Crippen molar-refractivity contribution >= 4 is 11.6 Å². The van der Waals surface area contributed by atoms with E-state index in [1.807, 2.05) is 6.07 Å². The van der Waals surface area contributed by atoms with E-state index in [0.717, 1.165) is 30.4 Å². The third kappa shape index (κ3) is 3.82. The summed E-state index contributed by atoms with van der Waals surface area (Å²) < 4.78 is 0. The van der Waals surface area contributed by atoms with Gasteiger partial charge in [-0.2, -0.15) is 0 Å². The lowest BCUT2D eigenvalue weighted by Gasteiger charge is -2.32. The Hall–Kier alpha value is -1.32. The number of aryl methyl sites for hydroxylation is 1. The quantitative estimate of drug-likeness (QED) is 0.853. The number of rotatable bonds is 5. The lowest BCUT2D eigenvalue weighted by molar-refractivity contribution is 0.317. The second-order valence-electron chi connectivity index (χ2n) is 5.55. The summed E-state index contributed by atoms with van der Waals surface area (Å²) in [6, 6.07) is 2.41. The normalized spacial score (nSPS) is 23.3. The molecule has 1 aromatic rings. The first-order valence-electron chi connectivity index (χ1n) is 7.62. The van der Waals surface area contributed by atoms with E-state index in [-0.39, 0.29) is 0 Å². The molecule has 1 fully saturated rings. The van der Waals surface area contributed by atoms with Crippen LogP contribution in [0.3, 0.4) is 0 Å². The Balaban J connectivity index is 2.08. The maximum atomic E-state index is 5.87. The molecule has 1 saturated carbocycles. The van der Waals surface area contributed by atoms with E-state index in [4.69, 9.17) is 5.73 Å². The van der Waals surface area contributed by atoms with Gasteiger partial charge in [0.2, 0.25) is 0 Å². The lowest BCUT2D eigenvalue weighted by atomic mass is 9.83. The summed E-state index contributed by atoms with van der Waals surface area (Å²) in [5, 5.41) is 3.59. The zero-order valence-electron chi connectivity index (χ0n) is 12.2. The van der Waals surface area contributed by atoms with Gasteiger partial charge in [0.15, 0.2) is 0 Å². The second-order valence-corrected chi connectivity index (χ2v) is 5.55. The van der Waals surface area contributed by atoms with Crippen LogP contribution in [0.15, 0.2) is 6.07 Å². The van der Waals surface area contributed by atoms with Gasteiger partial charge in [0.1, 0.15) is 17.5 Å². The molecule has 2 atom stereocenters. The van der Waals surface area contributed by atoms with Crippen molar-refractivity contribution in [2.24, 2.45) is 5.92 Å². The molecular weight excluding hydrogens is 236 g/mol. The van der Waals surface area contributed by atoms with Crippen molar-refractivity contribution < 1.29 is 0 Å². The Kier molecular flexibility index (Phi) is 5.00. The summed E-state index contributed by atoms with van der Waals surface area (Å²) in [6.07, 6.45) is 8.42. The molecule has 4 heteroatoms. The summed E-state index contributed by atoms with van der Waals surface area (Å²) in [5.41, 5.74) is 5.87. The van der Waals surface area contributed by atoms with E-state index in [9.17, 15) is 0 Å². The molecule has 0 aliphatic heterocycles. The second kappa shape index (κ2) is 6.73. The molecule has 0 bridgehead atoms. The van der Waals surface area contributed by atoms with Gasteiger partial charge in [-0.05, 0) is 25.2 Å². The number of nitrogens with zero attached hydrogens (tertiary/aromatic N) is 2. The minimum Gasteiger partial charge on any atom is -0.384 e. The van der Waals surface area contributed by atoms with E-state index in [1.54, 1.807) is 0 Å². The monoisotopic (exact) mass is 262 g/mol. The van der Waals surface area contributed by atoms with Crippen molar-refractivity contribution in [3.05, 3.63) is 11.9 Å². The zero-order chi connectivity index (χ0) is 13.7. The molecule has 0 saturated heterocycles. The van der Waals surface area contributed by atoms with Gasteiger partial charge in [0, 0.05) is 18.5 Å². The molecule has 1 aromatic heterocycles. The highest BCUT2D eigenvalue weighted by Crippen LogP contribution is 2.29. The molecule has 2 unspecified atom stereocenters. The third-order valence-electron chi connectivity index (χ3n) is 4.03. The van der Waals surface area contributed by atoms with Gasteiger partial charge in [-0.3, -0.25) is 0 Å². The number of nitrogens with two attached hydrogens (primary N) is 1. The largest absolute Gasteiger partial charge is 0.384 e. The molecule has 0 spiro atoms. The molecule has 19 heavy (non-hydrogen) atoms. The SMILES string of the molecule is CCCc1nc(N)cc(NC2CCCCC2CC)n1. The molecule has 3 N–H and O–H groups in total. The van der Waals surface area contributed by atoms with Crippen molar-refractivity contribution in [1.29, 1.82) is 0 Å². The van der Waals surface area contributed by atoms with Gasteiger partial charge in [-0.15, -0.1) is 0 Å². The van der Waals surface area contributed by atoms with Crippen LogP contribution in [-0.2, 0) is 6.42 Å². The van der Waals surface area contributed by atoms with Crippen molar-refractivity contribution in [2.75, 3.05) is 11.1 Å². The molecule has 0 amide bonds. The third-order valence-corrected chi connectivity index (χ3v) is 4.03. The van der Waals surface area contributed by atoms with E-state index in [2.05, 4.69) is 29.1 Å². The molecule has 1 heterocycles. The van der Waals surface area contributed by atoms with E-state index in [0.29, 0.717) is 11.9 Å². The van der Waals surface area contributed by atoms with Crippen LogP contribution in [0.25, 0.3) is 0 Å². The fraction of sp³-hybridized carbons (Fsp3) is 0.733. The maximum absolute atomic E-state index is 5.87. The minimum absolute atomic E-state index is 0.544. The Bertz CT molecular complexity index is 405. The predicted molar refractivity (Wildman–Crippen MR) is 80.1 cm³/mol. The Morgan fingerprint density at radius 1 is 1.26 bits per heavy atom. The highest BCUT2D eigenvalue weighted by Gasteiger charge is 2.23. The molecule has 0 radical (unpaired) electrons. The predicted octanol–water partition coefficient (Wildman–Crippen LogP) is 3.39. The minimum atomic E-state index is 0.544. The van der Waals surface area contributed by atoms with Crippen LogP contribution in [0.4, 0.5) is 11.6 Å². The fourth-order valence-corrected chi connectivity index (χ4v) is 3.00. The van der Waals surface area contributed by atoms with Gasteiger partial charge in [-0.1, -0.05) is 33.1 Å². The highest BCUT2D eigenvalue weighted by molar-refractivity contribution is 5.45. The highest BCUT2D eigenvalue weighted by atomic mass is 15.1. The summed E-state index contributed by atoms with van der Waals surface area (Å²) in [6.45, 7) is 4.41. The molecule has 106 valence electrons. The molecular formula is C15H26N4. The van der Waals surface area contributed by atoms with Crippen LogP contribution in [0.1, 0.15) is 58.2 Å². The maximum Gasteiger partial charge on any atom is 0.133 e. The number of nitrogen functional groups attached to an aromatic ring is 1. The zero-order valence-corrected chi connectivity index (χ0v) is 12.2. The summed E-state index contributed by atoms with van der Waals surface area (Å²) in [4.78, 5) is 8.87. The van der Waals surface area contributed by atoms with E-state index < -0.39 is 0 Å². The van der Waals surface area contributed by atoms with Crippen molar-refractivity contribution in [2.45, 2.75) is 64.8 Å². The van der Waals surface area contributed by atoms with Crippen LogP contribution >= 0.6 is 0 Å². The van der Waals surface area contributed by atoms with Crippen LogP contribution < -0.4 is 11.1 Å². The van der Waals surface area contributed by atoms with Crippen molar-refractivity contribution in [3.8, 4) is 0 Å². The number of nitrogens with one attached hydrogen (secondary N) is 1. The van der Waals surface area contributed by atoms with Gasteiger partial charge >= 0.3 is 0 Å². The van der Waals surface area contributed by atoms with Crippen molar-refractivity contribution in [1.82, 2.24) is 9.97 Å². The van der Waals surface area contributed by atoms with Gasteiger partial charge in [-0.25, -0.2) is 9.97 Å².